The number of carbonyl (C=O) groups is 2. The van der Waals surface area contributed by atoms with E-state index in [0.29, 0.717) is 35.1 Å². The van der Waals surface area contributed by atoms with Crippen LogP contribution in [0.3, 0.4) is 0 Å². The molecule has 8 nitrogen and oxygen atoms in total. The molecule has 1 heterocycles. The highest BCUT2D eigenvalue weighted by Gasteiger charge is 2.16. The molecular weight excluding hydrogens is 456 g/mol. The summed E-state index contributed by atoms with van der Waals surface area (Å²) in [6.45, 7) is 10.2. The zero-order valence-corrected chi connectivity index (χ0v) is 22.2. The van der Waals surface area contributed by atoms with Crippen molar-refractivity contribution >= 4 is 23.2 Å². The summed E-state index contributed by atoms with van der Waals surface area (Å²) in [7, 11) is 3.98. The molecule has 0 saturated heterocycles. The predicted octanol–water partition coefficient (Wildman–Crippen LogP) is 5.93. The number of aryl methyl sites for hydroxylation is 3. The van der Waals surface area contributed by atoms with Gasteiger partial charge in [0, 0.05) is 41.4 Å². The summed E-state index contributed by atoms with van der Waals surface area (Å²) in [4.78, 5) is 26.9. The first-order chi connectivity index (χ1) is 17.0. The van der Waals surface area contributed by atoms with E-state index < -0.39 is 0 Å². The molecule has 0 aliphatic carbocycles. The number of carbonyl (C=O) groups excluding carboxylic acids is 2. The van der Waals surface area contributed by atoms with Gasteiger partial charge in [-0.2, -0.15) is 0 Å². The van der Waals surface area contributed by atoms with Gasteiger partial charge in [0.05, 0.1) is 5.69 Å². The summed E-state index contributed by atoms with van der Waals surface area (Å²) < 4.78 is 11.6. The Bertz CT molecular complexity index is 1210. The largest absolute Gasteiger partial charge is 0.457 e. The highest BCUT2D eigenvalue weighted by Crippen LogP contribution is 2.35. The third-order valence-electron chi connectivity index (χ3n) is 5.75. The zero-order chi connectivity index (χ0) is 26.4. The highest BCUT2D eigenvalue weighted by atomic mass is 16.5. The van der Waals surface area contributed by atoms with Crippen molar-refractivity contribution in [1.29, 1.82) is 0 Å². The average molecular weight is 493 g/mol. The minimum Gasteiger partial charge on any atom is -0.457 e. The second-order valence-corrected chi connectivity index (χ2v) is 9.62. The fourth-order valence-corrected chi connectivity index (χ4v) is 3.76. The molecule has 0 unspecified atom stereocenters. The molecule has 0 bridgehead atoms. The van der Waals surface area contributed by atoms with E-state index in [4.69, 9.17) is 9.26 Å². The van der Waals surface area contributed by atoms with Crippen LogP contribution in [0.5, 0.6) is 11.5 Å². The van der Waals surface area contributed by atoms with Crippen LogP contribution in [0.4, 0.5) is 11.4 Å². The van der Waals surface area contributed by atoms with Crippen molar-refractivity contribution in [3.05, 3.63) is 53.4 Å². The van der Waals surface area contributed by atoms with Gasteiger partial charge in [-0.1, -0.05) is 25.1 Å². The Morgan fingerprint density at radius 2 is 1.78 bits per heavy atom. The van der Waals surface area contributed by atoms with Gasteiger partial charge in [0.15, 0.2) is 0 Å². The molecular formula is C28H36N4O4. The van der Waals surface area contributed by atoms with Gasteiger partial charge in [-0.05, 0) is 77.2 Å². The Labute approximate surface area is 213 Å². The number of amides is 2. The molecule has 3 rings (SSSR count). The van der Waals surface area contributed by atoms with Gasteiger partial charge in [0.1, 0.15) is 17.3 Å². The van der Waals surface area contributed by atoms with Crippen LogP contribution in [0.1, 0.15) is 43.7 Å². The van der Waals surface area contributed by atoms with E-state index in [2.05, 4.69) is 20.7 Å². The number of ether oxygens (including phenoxy) is 1. The van der Waals surface area contributed by atoms with Crippen LogP contribution < -0.4 is 15.4 Å². The molecule has 0 fully saturated rings. The molecule has 1 aromatic heterocycles. The number of benzene rings is 2. The third kappa shape index (κ3) is 7.18. The second-order valence-electron chi connectivity index (χ2n) is 9.62. The first kappa shape index (κ1) is 26.9. The number of nitrogens with zero attached hydrogens (tertiary/aromatic N) is 2. The molecule has 0 saturated carbocycles. The van der Waals surface area contributed by atoms with E-state index in [1.54, 1.807) is 6.07 Å². The Balaban J connectivity index is 1.88. The van der Waals surface area contributed by atoms with Crippen LogP contribution in [0.15, 0.2) is 40.9 Å². The van der Waals surface area contributed by atoms with Crippen molar-refractivity contribution < 1.29 is 18.8 Å². The van der Waals surface area contributed by atoms with Crippen molar-refractivity contribution in [2.45, 2.75) is 47.5 Å². The average Bonchev–Trinajstić information content (AvgIpc) is 3.13. The predicted molar refractivity (Wildman–Crippen MR) is 143 cm³/mol. The maximum Gasteiger partial charge on any atom is 0.226 e. The molecule has 3 aromatic rings. The van der Waals surface area contributed by atoms with E-state index in [1.165, 1.54) is 0 Å². The fourth-order valence-electron chi connectivity index (χ4n) is 3.76. The van der Waals surface area contributed by atoms with E-state index in [0.717, 1.165) is 35.3 Å². The van der Waals surface area contributed by atoms with Crippen LogP contribution >= 0.6 is 0 Å². The summed E-state index contributed by atoms with van der Waals surface area (Å²) in [5.74, 6) is 1.50. The van der Waals surface area contributed by atoms with E-state index in [9.17, 15) is 9.59 Å². The summed E-state index contributed by atoms with van der Waals surface area (Å²) in [5, 5.41) is 10.0. The molecule has 0 aliphatic heterocycles. The molecule has 192 valence electrons. The molecule has 2 aromatic carbocycles. The lowest BCUT2D eigenvalue weighted by atomic mass is 10.0. The Morgan fingerprint density at radius 3 is 2.42 bits per heavy atom. The lowest BCUT2D eigenvalue weighted by Crippen LogP contribution is -2.17. The molecule has 0 radical (unpaired) electrons. The van der Waals surface area contributed by atoms with Gasteiger partial charge in [0.25, 0.3) is 0 Å². The van der Waals surface area contributed by atoms with Crippen molar-refractivity contribution in [1.82, 2.24) is 10.1 Å². The summed E-state index contributed by atoms with van der Waals surface area (Å²) >= 11 is 0. The van der Waals surface area contributed by atoms with Gasteiger partial charge >= 0.3 is 0 Å². The maximum atomic E-state index is 12.4. The van der Waals surface area contributed by atoms with Crippen molar-refractivity contribution in [2.24, 2.45) is 5.92 Å². The normalized spacial score (nSPS) is 11.1. The molecule has 2 N–H and O–H groups in total. The van der Waals surface area contributed by atoms with Gasteiger partial charge in [-0.25, -0.2) is 0 Å². The Hall–Kier alpha value is -3.65. The lowest BCUT2D eigenvalue weighted by molar-refractivity contribution is -0.119. The summed E-state index contributed by atoms with van der Waals surface area (Å²) in [6, 6.07) is 11.1. The van der Waals surface area contributed by atoms with Crippen molar-refractivity contribution in [3.63, 3.8) is 0 Å². The Kier molecular flexibility index (Phi) is 8.88. The van der Waals surface area contributed by atoms with Crippen LogP contribution in [0.25, 0.3) is 11.1 Å². The molecule has 2 amide bonds. The molecule has 0 atom stereocenters. The van der Waals surface area contributed by atoms with E-state index in [-0.39, 0.29) is 17.7 Å². The number of hydrogen-bond donors (Lipinski definition) is 2. The second kappa shape index (κ2) is 11.9. The SMILES string of the molecule is Cc1ccc(Oc2cc(NC(=O)C(C)C)cc(-c3c(C)noc3C)c2)cc1NC(=O)CCCN(C)C. The molecule has 0 spiro atoms. The van der Waals surface area contributed by atoms with Crippen LogP contribution in [0, 0.1) is 26.7 Å². The molecule has 0 aliphatic rings. The van der Waals surface area contributed by atoms with Crippen molar-refractivity contribution in [2.75, 3.05) is 31.3 Å². The minimum atomic E-state index is -0.168. The van der Waals surface area contributed by atoms with E-state index >= 15 is 0 Å². The number of hydrogen-bond acceptors (Lipinski definition) is 6. The number of aromatic nitrogens is 1. The molecule has 36 heavy (non-hydrogen) atoms. The standard InChI is InChI=1S/C28H36N4O4/c1-17(2)28(34)29-22-13-21(27-19(4)31-36-20(27)5)14-24(15-22)35-23-11-10-18(3)25(16-23)30-26(33)9-8-12-32(6)7/h10-11,13-17H,8-9,12H2,1-7H3,(H,29,34)(H,30,33). The third-order valence-corrected chi connectivity index (χ3v) is 5.75. The zero-order valence-electron chi connectivity index (χ0n) is 22.2. The van der Waals surface area contributed by atoms with Crippen molar-refractivity contribution in [3.8, 4) is 22.6 Å². The topological polar surface area (TPSA) is 96.7 Å². The van der Waals surface area contributed by atoms with Crippen LogP contribution in [0.2, 0.25) is 0 Å². The quantitative estimate of drug-likeness (QED) is 0.364. The fraction of sp³-hybridized carbons (Fsp3) is 0.393. The first-order valence-corrected chi connectivity index (χ1v) is 12.2. The first-order valence-electron chi connectivity index (χ1n) is 12.2. The molecule has 8 heteroatoms. The summed E-state index contributed by atoms with van der Waals surface area (Å²) in [5.41, 5.74) is 4.69. The minimum absolute atomic E-state index is 0.0313. The van der Waals surface area contributed by atoms with Crippen LogP contribution in [-0.4, -0.2) is 42.5 Å². The number of anilines is 2. The highest BCUT2D eigenvalue weighted by molar-refractivity contribution is 5.93. The smallest absolute Gasteiger partial charge is 0.226 e. The lowest BCUT2D eigenvalue weighted by Gasteiger charge is -2.15. The number of nitrogens with one attached hydrogen (secondary N) is 2. The monoisotopic (exact) mass is 492 g/mol. The van der Waals surface area contributed by atoms with Gasteiger partial charge in [0.2, 0.25) is 11.8 Å². The van der Waals surface area contributed by atoms with E-state index in [1.807, 2.05) is 79.0 Å². The van der Waals surface area contributed by atoms with Crippen LogP contribution in [-0.2, 0) is 9.59 Å². The summed E-state index contributed by atoms with van der Waals surface area (Å²) in [6.07, 6.45) is 1.23. The van der Waals surface area contributed by atoms with Gasteiger partial charge in [-0.3, -0.25) is 9.59 Å². The number of rotatable bonds is 10. The van der Waals surface area contributed by atoms with Gasteiger partial charge in [-0.15, -0.1) is 0 Å². The Morgan fingerprint density at radius 1 is 1.03 bits per heavy atom. The van der Waals surface area contributed by atoms with Gasteiger partial charge < -0.3 is 24.8 Å². The maximum absolute atomic E-state index is 12.4.